The summed E-state index contributed by atoms with van der Waals surface area (Å²) in [4.78, 5) is 26.8. The minimum Gasteiger partial charge on any atom is -0.420 e. The predicted molar refractivity (Wildman–Crippen MR) is 130 cm³/mol. The van der Waals surface area contributed by atoms with Crippen molar-refractivity contribution in [1.82, 2.24) is 4.31 Å². The number of fused-ring (bicyclic) bond motifs is 1. The van der Waals surface area contributed by atoms with Gasteiger partial charge in [0, 0.05) is 17.7 Å². The third kappa shape index (κ3) is 4.39. The lowest BCUT2D eigenvalue weighted by atomic mass is 10.0. The van der Waals surface area contributed by atoms with E-state index in [9.17, 15) is 18.0 Å². The van der Waals surface area contributed by atoms with Crippen molar-refractivity contribution >= 4 is 27.5 Å². The summed E-state index contributed by atoms with van der Waals surface area (Å²) < 4.78 is 34.1. The van der Waals surface area contributed by atoms with Gasteiger partial charge in [0.05, 0.1) is 10.5 Å². The van der Waals surface area contributed by atoms with Gasteiger partial charge in [0.15, 0.2) is 5.76 Å². The van der Waals surface area contributed by atoms with Gasteiger partial charge >= 0.3 is 5.97 Å². The minimum absolute atomic E-state index is 0.00224. The van der Waals surface area contributed by atoms with Crippen LogP contribution in [0.2, 0.25) is 0 Å². The quantitative estimate of drug-likeness (QED) is 0.346. The normalized spacial score (nSPS) is 14.5. The molecule has 1 aliphatic heterocycles. The van der Waals surface area contributed by atoms with E-state index in [1.807, 2.05) is 13.8 Å². The summed E-state index contributed by atoms with van der Waals surface area (Å²) in [5, 5.41) is 0. The van der Waals surface area contributed by atoms with Gasteiger partial charge in [-0.25, -0.2) is 13.2 Å². The average Bonchev–Trinajstić information content (AvgIpc) is 2.85. The first kappa shape index (κ1) is 23.4. The van der Waals surface area contributed by atoms with Crippen molar-refractivity contribution in [2.75, 3.05) is 6.54 Å². The highest BCUT2D eigenvalue weighted by Gasteiger charge is 2.41. The smallest absolute Gasteiger partial charge is 0.343 e. The summed E-state index contributed by atoms with van der Waals surface area (Å²) in [5.74, 6) is -1.25. The topological polar surface area (TPSA) is 80.8 Å². The number of carbonyl (C=O) groups is 2. The first-order valence-electron chi connectivity index (χ1n) is 11.1. The van der Waals surface area contributed by atoms with Crippen molar-refractivity contribution in [1.29, 1.82) is 0 Å². The van der Waals surface area contributed by atoms with Crippen molar-refractivity contribution in [2.45, 2.75) is 31.6 Å². The molecular formula is C27H25NO5S. The van der Waals surface area contributed by atoms with Crippen LogP contribution in [0.5, 0.6) is 0 Å². The Morgan fingerprint density at radius 2 is 1.50 bits per heavy atom. The number of ether oxygens (including phenoxy) is 1. The number of hydrogen-bond donors (Lipinski definition) is 0. The monoisotopic (exact) mass is 475 g/mol. The zero-order chi connectivity index (χ0) is 24.3. The zero-order valence-corrected chi connectivity index (χ0v) is 19.8. The van der Waals surface area contributed by atoms with Gasteiger partial charge in [0.1, 0.15) is 5.70 Å². The average molecular weight is 476 g/mol. The van der Waals surface area contributed by atoms with Gasteiger partial charge in [-0.15, -0.1) is 0 Å². The lowest BCUT2D eigenvalue weighted by Crippen LogP contribution is -2.39. The number of aryl methyl sites for hydroxylation is 1. The Balaban J connectivity index is 1.94. The Bertz CT molecular complexity index is 1360. The first-order chi connectivity index (χ1) is 16.3. The molecule has 1 heterocycles. The van der Waals surface area contributed by atoms with E-state index in [0.29, 0.717) is 17.5 Å². The van der Waals surface area contributed by atoms with Crippen LogP contribution in [0.15, 0.2) is 89.5 Å². The number of unbranched alkanes of at least 4 members (excludes halogenated alkanes) is 1. The summed E-state index contributed by atoms with van der Waals surface area (Å²) in [7, 11) is -4.03. The largest absolute Gasteiger partial charge is 0.420 e. The summed E-state index contributed by atoms with van der Waals surface area (Å²) in [6.07, 6.45) is 1.26. The third-order valence-electron chi connectivity index (χ3n) is 5.61. The van der Waals surface area contributed by atoms with Crippen molar-refractivity contribution < 1.29 is 22.7 Å². The SMILES string of the molecule is CCCCN1C(C(=O)c2ccccc2)=C(OC(=O)c2ccc(C)cc2)c2ccccc2S1(=O)=O. The van der Waals surface area contributed by atoms with E-state index in [1.54, 1.807) is 72.8 Å². The lowest BCUT2D eigenvalue weighted by molar-refractivity contribution is 0.0685. The molecule has 3 aromatic carbocycles. The highest BCUT2D eigenvalue weighted by Crippen LogP contribution is 2.39. The highest BCUT2D eigenvalue weighted by molar-refractivity contribution is 7.89. The first-order valence-corrected chi connectivity index (χ1v) is 12.5. The molecule has 0 saturated carbocycles. The van der Waals surface area contributed by atoms with Crippen molar-refractivity contribution in [3.05, 3.63) is 107 Å². The Labute approximate surface area is 199 Å². The second-order valence-electron chi connectivity index (χ2n) is 8.06. The number of esters is 1. The van der Waals surface area contributed by atoms with E-state index >= 15 is 0 Å². The summed E-state index contributed by atoms with van der Waals surface area (Å²) in [5.41, 5.74) is 1.62. The Morgan fingerprint density at radius 3 is 2.18 bits per heavy atom. The second kappa shape index (κ2) is 9.65. The summed E-state index contributed by atoms with van der Waals surface area (Å²) in [6.45, 7) is 3.93. The van der Waals surface area contributed by atoms with Crippen molar-refractivity contribution in [3.63, 3.8) is 0 Å². The molecule has 0 unspecified atom stereocenters. The van der Waals surface area contributed by atoms with Gasteiger partial charge in [-0.05, 0) is 37.6 Å². The lowest BCUT2D eigenvalue weighted by Gasteiger charge is -2.32. The number of hydrogen-bond acceptors (Lipinski definition) is 5. The molecule has 7 heteroatoms. The fraction of sp³-hybridized carbons (Fsp3) is 0.185. The molecule has 34 heavy (non-hydrogen) atoms. The molecule has 0 aliphatic carbocycles. The second-order valence-corrected chi connectivity index (χ2v) is 9.89. The van der Waals surface area contributed by atoms with Gasteiger partial charge in [-0.1, -0.05) is 73.5 Å². The third-order valence-corrected chi connectivity index (χ3v) is 7.47. The summed E-state index contributed by atoms with van der Waals surface area (Å²) in [6, 6.07) is 21.5. The van der Waals surface area contributed by atoms with Crippen LogP contribution >= 0.6 is 0 Å². The van der Waals surface area contributed by atoms with E-state index in [-0.39, 0.29) is 28.5 Å². The van der Waals surface area contributed by atoms with Crippen LogP contribution in [0.1, 0.15) is 51.6 Å². The van der Waals surface area contributed by atoms with E-state index in [0.717, 1.165) is 16.3 Å². The Morgan fingerprint density at radius 1 is 0.853 bits per heavy atom. The molecule has 0 N–H and O–H groups in total. The molecule has 0 spiro atoms. The minimum atomic E-state index is -4.03. The number of allylic oxidation sites excluding steroid dienone is 1. The van der Waals surface area contributed by atoms with Crippen LogP contribution in [0.3, 0.4) is 0 Å². The maximum atomic E-state index is 13.7. The van der Waals surface area contributed by atoms with E-state index < -0.39 is 21.8 Å². The molecule has 174 valence electrons. The Kier molecular flexibility index (Phi) is 6.65. The molecule has 0 atom stereocenters. The van der Waals surface area contributed by atoms with Crippen LogP contribution in [0.25, 0.3) is 5.76 Å². The van der Waals surface area contributed by atoms with Gasteiger partial charge in [-0.3, -0.25) is 9.10 Å². The van der Waals surface area contributed by atoms with Crippen LogP contribution < -0.4 is 0 Å². The number of benzene rings is 3. The maximum Gasteiger partial charge on any atom is 0.343 e. The van der Waals surface area contributed by atoms with Gasteiger partial charge in [-0.2, -0.15) is 0 Å². The number of ketones is 1. The van der Waals surface area contributed by atoms with Crippen LogP contribution in [-0.4, -0.2) is 31.0 Å². The van der Waals surface area contributed by atoms with Crippen LogP contribution in [0, 0.1) is 6.92 Å². The van der Waals surface area contributed by atoms with Crippen molar-refractivity contribution in [2.24, 2.45) is 0 Å². The molecule has 0 radical (unpaired) electrons. The molecule has 0 saturated heterocycles. The standard InChI is InChI=1S/C27H25NO5S/c1-3-4-18-28-24(25(29)20-10-6-5-7-11-20)26(22-12-8-9-13-23(22)34(28,31)32)33-27(30)21-16-14-19(2)15-17-21/h5-17H,3-4,18H2,1-2H3. The van der Waals surface area contributed by atoms with Crippen LogP contribution in [-0.2, 0) is 14.8 Å². The number of carbonyl (C=O) groups excluding carboxylic acids is 2. The van der Waals surface area contributed by atoms with Gasteiger partial charge in [0.2, 0.25) is 5.78 Å². The fourth-order valence-corrected chi connectivity index (χ4v) is 5.48. The molecule has 1 aliphatic rings. The predicted octanol–water partition coefficient (Wildman–Crippen LogP) is 5.21. The number of rotatable bonds is 7. The van der Waals surface area contributed by atoms with Gasteiger partial charge < -0.3 is 4.74 Å². The number of sulfonamides is 1. The number of Topliss-reactive ketones (excluding diaryl/α,β-unsaturated/α-hetero) is 1. The number of nitrogens with zero attached hydrogens (tertiary/aromatic N) is 1. The Hall–Kier alpha value is -3.71. The maximum absolute atomic E-state index is 13.7. The van der Waals surface area contributed by atoms with Gasteiger partial charge in [0.25, 0.3) is 10.0 Å². The van der Waals surface area contributed by atoms with E-state index in [2.05, 4.69) is 0 Å². The fourth-order valence-electron chi connectivity index (χ4n) is 3.78. The summed E-state index contributed by atoms with van der Waals surface area (Å²) >= 11 is 0. The van der Waals surface area contributed by atoms with Crippen molar-refractivity contribution in [3.8, 4) is 0 Å². The molecule has 0 aromatic heterocycles. The van der Waals surface area contributed by atoms with Crippen LogP contribution in [0.4, 0.5) is 0 Å². The zero-order valence-electron chi connectivity index (χ0n) is 19.0. The molecule has 0 amide bonds. The molecular weight excluding hydrogens is 450 g/mol. The molecule has 4 rings (SSSR count). The van der Waals surface area contributed by atoms with E-state index in [1.165, 1.54) is 6.07 Å². The van der Waals surface area contributed by atoms with E-state index in [4.69, 9.17) is 4.74 Å². The molecule has 0 bridgehead atoms. The molecule has 0 fully saturated rings. The molecule has 6 nitrogen and oxygen atoms in total. The molecule has 3 aromatic rings. The highest BCUT2D eigenvalue weighted by atomic mass is 32.2.